The van der Waals surface area contributed by atoms with E-state index in [1.165, 1.54) is 0 Å². The second-order valence-electron chi connectivity index (χ2n) is 5.00. The lowest BCUT2D eigenvalue weighted by Crippen LogP contribution is -2.46. The van der Waals surface area contributed by atoms with Crippen molar-refractivity contribution in [1.82, 2.24) is 5.32 Å². The van der Waals surface area contributed by atoms with Crippen molar-refractivity contribution in [2.45, 2.75) is 12.5 Å². The average Bonchev–Trinajstić information content (AvgIpc) is 2.47. The lowest BCUT2D eigenvalue weighted by atomic mass is 10.0. The van der Waals surface area contributed by atoms with Gasteiger partial charge in [-0.25, -0.2) is 13.2 Å². The number of rotatable bonds is 5. The maximum atomic E-state index is 13.6. The van der Waals surface area contributed by atoms with Crippen molar-refractivity contribution in [2.75, 3.05) is 0 Å². The van der Waals surface area contributed by atoms with Gasteiger partial charge in [0, 0.05) is 23.6 Å². The minimum Gasteiger partial charge on any atom is -0.368 e. The third-order valence-electron chi connectivity index (χ3n) is 3.24. The topological polar surface area (TPSA) is 72.2 Å². The minimum atomic E-state index is -1.38. The maximum Gasteiger partial charge on any atom is 0.257 e. The van der Waals surface area contributed by atoms with E-state index in [1.807, 2.05) is 0 Å². The first-order valence-electron chi connectivity index (χ1n) is 6.77. The van der Waals surface area contributed by atoms with Crippen molar-refractivity contribution >= 4 is 23.4 Å². The molecule has 1 atom stereocenters. The van der Waals surface area contributed by atoms with E-state index in [9.17, 15) is 22.8 Å². The van der Waals surface area contributed by atoms with Crippen LogP contribution in [0.5, 0.6) is 0 Å². The number of hydrogen-bond donors (Lipinski definition) is 2. The van der Waals surface area contributed by atoms with Crippen LogP contribution in [-0.2, 0) is 11.2 Å². The summed E-state index contributed by atoms with van der Waals surface area (Å²) in [5, 5.41) is 2.63. The Morgan fingerprint density at radius 1 is 1.08 bits per heavy atom. The predicted molar refractivity (Wildman–Crippen MR) is 81.9 cm³/mol. The molecule has 8 heteroatoms. The molecule has 3 N–H and O–H groups in total. The lowest BCUT2D eigenvalue weighted by molar-refractivity contribution is -0.119. The number of carbonyl (C=O) groups excluding carboxylic acids is 2. The first-order valence-corrected chi connectivity index (χ1v) is 7.15. The van der Waals surface area contributed by atoms with E-state index in [0.717, 1.165) is 0 Å². The van der Waals surface area contributed by atoms with Gasteiger partial charge < -0.3 is 11.1 Å². The van der Waals surface area contributed by atoms with Gasteiger partial charge in [0.15, 0.2) is 0 Å². The summed E-state index contributed by atoms with van der Waals surface area (Å²) in [6, 6.07) is 5.93. The van der Waals surface area contributed by atoms with Gasteiger partial charge in [-0.2, -0.15) is 0 Å². The van der Waals surface area contributed by atoms with Gasteiger partial charge >= 0.3 is 0 Å². The van der Waals surface area contributed by atoms with Gasteiger partial charge in [0.2, 0.25) is 5.91 Å². The summed E-state index contributed by atoms with van der Waals surface area (Å²) in [5.41, 5.74) is 4.85. The summed E-state index contributed by atoms with van der Waals surface area (Å²) in [6.07, 6.45) is 0.00265. The Hall–Kier alpha value is -2.54. The number of nitrogens with one attached hydrogen (secondary N) is 1. The molecule has 0 aromatic heterocycles. The fourth-order valence-corrected chi connectivity index (χ4v) is 2.19. The first-order chi connectivity index (χ1) is 11.3. The van der Waals surface area contributed by atoms with Crippen molar-refractivity contribution < 1.29 is 22.8 Å². The molecular weight excluding hydrogens is 345 g/mol. The van der Waals surface area contributed by atoms with Gasteiger partial charge in [0.05, 0.1) is 0 Å². The van der Waals surface area contributed by atoms with Gasteiger partial charge in [-0.05, 0) is 17.7 Å². The molecule has 0 aliphatic heterocycles. The largest absolute Gasteiger partial charge is 0.368 e. The maximum absolute atomic E-state index is 13.6. The van der Waals surface area contributed by atoms with Crippen LogP contribution in [0, 0.1) is 17.5 Å². The molecule has 2 amide bonds. The zero-order valence-electron chi connectivity index (χ0n) is 12.2. The van der Waals surface area contributed by atoms with Crippen LogP contribution in [0.15, 0.2) is 36.4 Å². The highest BCUT2D eigenvalue weighted by Crippen LogP contribution is 2.16. The third kappa shape index (κ3) is 4.26. The smallest absolute Gasteiger partial charge is 0.257 e. The number of nitrogens with two attached hydrogens (primary N) is 1. The van der Waals surface area contributed by atoms with E-state index in [1.54, 1.807) is 24.3 Å². The van der Waals surface area contributed by atoms with Crippen LogP contribution < -0.4 is 11.1 Å². The summed E-state index contributed by atoms with van der Waals surface area (Å²) in [5.74, 6) is -6.00. The molecule has 0 spiro atoms. The zero-order valence-corrected chi connectivity index (χ0v) is 12.9. The van der Waals surface area contributed by atoms with E-state index in [2.05, 4.69) is 5.32 Å². The molecule has 2 rings (SSSR count). The summed E-state index contributed by atoms with van der Waals surface area (Å²) in [7, 11) is 0. The van der Waals surface area contributed by atoms with E-state index in [4.69, 9.17) is 17.3 Å². The van der Waals surface area contributed by atoms with E-state index < -0.39 is 40.9 Å². The quantitative estimate of drug-likeness (QED) is 0.864. The van der Waals surface area contributed by atoms with Gasteiger partial charge in [0.25, 0.3) is 5.91 Å². The van der Waals surface area contributed by atoms with Crippen molar-refractivity contribution in [3.8, 4) is 0 Å². The predicted octanol–water partition coefficient (Wildman–Crippen LogP) is 2.58. The van der Waals surface area contributed by atoms with Crippen LogP contribution in [0.4, 0.5) is 13.2 Å². The van der Waals surface area contributed by atoms with Crippen LogP contribution in [0.3, 0.4) is 0 Å². The molecule has 4 nitrogen and oxygen atoms in total. The third-order valence-corrected chi connectivity index (χ3v) is 3.49. The molecule has 0 unspecified atom stereocenters. The van der Waals surface area contributed by atoms with Crippen LogP contribution in [0.25, 0.3) is 0 Å². The number of primary amides is 1. The van der Waals surface area contributed by atoms with E-state index in [-0.39, 0.29) is 6.42 Å². The Morgan fingerprint density at radius 2 is 1.62 bits per heavy atom. The van der Waals surface area contributed by atoms with Crippen LogP contribution in [0.2, 0.25) is 5.02 Å². The Morgan fingerprint density at radius 3 is 2.12 bits per heavy atom. The molecule has 126 valence electrons. The highest BCUT2D eigenvalue weighted by Gasteiger charge is 2.24. The zero-order chi connectivity index (χ0) is 17.9. The number of carbonyl (C=O) groups is 2. The van der Waals surface area contributed by atoms with Crippen molar-refractivity contribution in [2.24, 2.45) is 5.73 Å². The summed E-state index contributed by atoms with van der Waals surface area (Å²) in [6.45, 7) is 0. The van der Waals surface area contributed by atoms with Crippen molar-refractivity contribution in [3.63, 3.8) is 0 Å². The normalized spacial score (nSPS) is 11.8. The van der Waals surface area contributed by atoms with Crippen molar-refractivity contribution in [3.05, 3.63) is 70.0 Å². The SMILES string of the molecule is NC(=O)[C@@H](Cc1ccc(Cl)cc1)NC(=O)c1c(F)cc(F)cc1F. The molecule has 2 aromatic rings. The van der Waals surface area contributed by atoms with Crippen LogP contribution >= 0.6 is 11.6 Å². The Kier molecular flexibility index (Phi) is 5.46. The second-order valence-corrected chi connectivity index (χ2v) is 5.44. The Bertz CT molecular complexity index is 758. The number of amides is 2. The highest BCUT2D eigenvalue weighted by molar-refractivity contribution is 6.30. The first kappa shape index (κ1) is 17.8. The van der Waals surface area contributed by atoms with Gasteiger partial charge in [-0.3, -0.25) is 9.59 Å². The van der Waals surface area contributed by atoms with Gasteiger partial charge in [-0.1, -0.05) is 23.7 Å². The molecule has 0 bridgehead atoms. The second kappa shape index (κ2) is 7.35. The lowest BCUT2D eigenvalue weighted by Gasteiger charge is -2.16. The molecule has 2 aromatic carbocycles. The molecule has 0 heterocycles. The van der Waals surface area contributed by atoms with Gasteiger partial charge in [-0.15, -0.1) is 0 Å². The molecule has 0 aliphatic carbocycles. The summed E-state index contributed by atoms with van der Waals surface area (Å²) in [4.78, 5) is 23.5. The fourth-order valence-electron chi connectivity index (χ4n) is 2.07. The number of halogens is 4. The van der Waals surface area contributed by atoms with Crippen molar-refractivity contribution in [1.29, 1.82) is 0 Å². The molecule has 0 radical (unpaired) electrons. The molecule has 0 saturated carbocycles. The molecule has 0 aliphatic rings. The molecule has 0 saturated heterocycles. The number of benzene rings is 2. The molecule has 24 heavy (non-hydrogen) atoms. The summed E-state index contributed by atoms with van der Waals surface area (Å²) < 4.78 is 40.1. The highest BCUT2D eigenvalue weighted by atomic mass is 35.5. The average molecular weight is 357 g/mol. The van der Waals surface area contributed by atoms with Crippen LogP contribution in [-0.4, -0.2) is 17.9 Å². The standard InChI is InChI=1S/C16H12ClF3N2O2/c17-9-3-1-8(2-4-9)5-13(15(21)23)22-16(24)14-11(19)6-10(18)7-12(14)20/h1-4,6-7,13H,5H2,(H2,21,23)(H,22,24)/t13-/m1/s1. The molecular formula is C16H12ClF3N2O2. The van der Waals surface area contributed by atoms with Gasteiger partial charge in [0.1, 0.15) is 29.1 Å². The number of hydrogen-bond acceptors (Lipinski definition) is 2. The van der Waals surface area contributed by atoms with E-state index >= 15 is 0 Å². The summed E-state index contributed by atoms with van der Waals surface area (Å²) >= 11 is 5.75. The Balaban J connectivity index is 2.20. The minimum absolute atomic E-state index is 0.00265. The van der Waals surface area contributed by atoms with Crippen LogP contribution in [0.1, 0.15) is 15.9 Å². The fraction of sp³-hybridized carbons (Fsp3) is 0.125. The Labute approximate surface area is 140 Å². The molecule has 0 fully saturated rings. The monoisotopic (exact) mass is 356 g/mol. The van der Waals surface area contributed by atoms with E-state index in [0.29, 0.717) is 22.7 Å².